The largest absolute Gasteiger partial charge is 0.462 e. The Labute approximate surface area is 516 Å². The van der Waals surface area contributed by atoms with Crippen molar-refractivity contribution in [1.82, 2.24) is 0 Å². The van der Waals surface area contributed by atoms with Crippen molar-refractivity contribution in [3.05, 3.63) is 72.9 Å². The van der Waals surface area contributed by atoms with Gasteiger partial charge in [0.15, 0.2) is 6.10 Å². The van der Waals surface area contributed by atoms with E-state index in [0.717, 1.165) is 96.3 Å². The monoisotopic (exact) mass is 1160 g/mol. The summed E-state index contributed by atoms with van der Waals surface area (Å²) in [4.78, 5) is 38.5. The Kier molecular flexibility index (Phi) is 68.6. The van der Waals surface area contributed by atoms with Crippen LogP contribution in [0.5, 0.6) is 0 Å². The van der Waals surface area contributed by atoms with Gasteiger partial charge in [0.05, 0.1) is 0 Å². The van der Waals surface area contributed by atoms with Crippen LogP contribution in [0, 0.1) is 0 Å². The van der Waals surface area contributed by atoms with Crippen molar-refractivity contribution in [2.75, 3.05) is 13.2 Å². The molecular formula is C77H138O6. The fourth-order valence-corrected chi connectivity index (χ4v) is 10.7. The summed E-state index contributed by atoms with van der Waals surface area (Å²) in [6.07, 6.45) is 93.7. The Morgan fingerprint density at radius 3 is 0.747 bits per heavy atom. The molecule has 1 unspecified atom stereocenters. The standard InChI is InChI=1S/C77H138O6/c1-4-7-10-13-16-19-22-25-28-31-33-34-35-36-37-38-39-40-41-42-44-46-49-52-55-58-61-64-67-70-76(79)82-73-74(72-81-75(78)69-66-63-60-57-54-51-48-45-30-27-24-21-18-15-12-9-6-3)83-77(80)71-68-65-62-59-56-53-50-47-43-32-29-26-23-20-17-14-11-8-5-2/h9,12,18,21,26-27,29-31,33,48,51,74H,4-8,10-11,13-17,19-20,22-25,28,32,34-47,49-50,52-73H2,1-3H3/b12-9-,21-18-,29-26-,30-27-,33-31-,51-48-. The average molecular weight is 1160 g/mol. The molecule has 0 aromatic carbocycles. The summed E-state index contributed by atoms with van der Waals surface area (Å²) >= 11 is 0. The summed E-state index contributed by atoms with van der Waals surface area (Å²) in [5.74, 6) is -0.886. The SMILES string of the molecule is CC/C=C\C/C=C\C/C=C\C/C=C\CCCCCCC(=O)OCC(COC(=O)CCCCCCCCCCCCCCCCCCC/C=C\CCCCCCCCCC)OC(=O)CCCCCCCCCCC/C=C\CCCCCCCC. The van der Waals surface area contributed by atoms with E-state index in [2.05, 4.69) is 93.7 Å². The summed E-state index contributed by atoms with van der Waals surface area (Å²) in [5, 5.41) is 0. The van der Waals surface area contributed by atoms with Gasteiger partial charge in [-0.2, -0.15) is 0 Å². The molecule has 0 bridgehead atoms. The number of unbranched alkanes of at least 4 members (excludes halogenated alkanes) is 44. The molecular weight excluding hydrogens is 1020 g/mol. The third-order valence-electron chi connectivity index (χ3n) is 16.2. The summed E-state index contributed by atoms with van der Waals surface area (Å²) in [6, 6.07) is 0. The number of allylic oxidation sites excluding steroid dienone is 12. The molecule has 0 aromatic heterocycles. The molecule has 0 heterocycles. The molecule has 0 N–H and O–H groups in total. The quantitative estimate of drug-likeness (QED) is 0.0261. The molecule has 0 saturated heterocycles. The van der Waals surface area contributed by atoms with Crippen molar-refractivity contribution < 1.29 is 28.6 Å². The fourth-order valence-electron chi connectivity index (χ4n) is 10.7. The van der Waals surface area contributed by atoms with Crippen LogP contribution in [-0.2, 0) is 28.6 Å². The molecule has 0 saturated carbocycles. The highest BCUT2D eigenvalue weighted by Crippen LogP contribution is 2.18. The third-order valence-corrected chi connectivity index (χ3v) is 16.2. The lowest BCUT2D eigenvalue weighted by molar-refractivity contribution is -0.167. The number of esters is 3. The second-order valence-electron chi connectivity index (χ2n) is 24.5. The molecule has 0 rings (SSSR count). The van der Waals surface area contributed by atoms with E-state index < -0.39 is 6.10 Å². The van der Waals surface area contributed by atoms with Gasteiger partial charge in [-0.3, -0.25) is 14.4 Å². The lowest BCUT2D eigenvalue weighted by Gasteiger charge is -2.18. The number of hydrogen-bond donors (Lipinski definition) is 0. The van der Waals surface area contributed by atoms with Gasteiger partial charge in [-0.15, -0.1) is 0 Å². The van der Waals surface area contributed by atoms with Gasteiger partial charge in [0, 0.05) is 19.3 Å². The number of carbonyl (C=O) groups is 3. The molecule has 0 aliphatic rings. The lowest BCUT2D eigenvalue weighted by Crippen LogP contribution is -2.30. The molecule has 0 spiro atoms. The summed E-state index contributed by atoms with van der Waals surface area (Å²) in [7, 11) is 0. The Morgan fingerprint density at radius 1 is 0.253 bits per heavy atom. The molecule has 482 valence electrons. The first-order valence-corrected chi connectivity index (χ1v) is 36.4. The van der Waals surface area contributed by atoms with Crippen molar-refractivity contribution in [2.45, 2.75) is 386 Å². The van der Waals surface area contributed by atoms with Gasteiger partial charge in [-0.25, -0.2) is 0 Å². The molecule has 6 heteroatoms. The highest BCUT2D eigenvalue weighted by molar-refractivity contribution is 5.71. The van der Waals surface area contributed by atoms with Gasteiger partial charge in [0.25, 0.3) is 0 Å². The van der Waals surface area contributed by atoms with Crippen LogP contribution >= 0.6 is 0 Å². The number of carbonyl (C=O) groups excluding carboxylic acids is 3. The highest BCUT2D eigenvalue weighted by atomic mass is 16.6. The molecule has 0 radical (unpaired) electrons. The first-order valence-electron chi connectivity index (χ1n) is 36.4. The maximum Gasteiger partial charge on any atom is 0.306 e. The fraction of sp³-hybridized carbons (Fsp3) is 0.805. The molecule has 0 amide bonds. The number of hydrogen-bond acceptors (Lipinski definition) is 6. The van der Waals surface area contributed by atoms with E-state index in [1.165, 1.54) is 244 Å². The second kappa shape index (κ2) is 71.3. The minimum absolute atomic E-state index is 0.0810. The highest BCUT2D eigenvalue weighted by Gasteiger charge is 2.19. The predicted octanol–water partition coefficient (Wildman–Crippen LogP) is 25.2. The van der Waals surface area contributed by atoms with Gasteiger partial charge < -0.3 is 14.2 Å². The predicted molar refractivity (Wildman–Crippen MR) is 362 cm³/mol. The molecule has 1 atom stereocenters. The summed E-state index contributed by atoms with van der Waals surface area (Å²) in [6.45, 7) is 6.56. The van der Waals surface area contributed by atoms with Gasteiger partial charge in [0.2, 0.25) is 0 Å². The van der Waals surface area contributed by atoms with Crippen LogP contribution in [0.25, 0.3) is 0 Å². The van der Waals surface area contributed by atoms with Crippen molar-refractivity contribution in [3.8, 4) is 0 Å². The maximum atomic E-state index is 13.0. The van der Waals surface area contributed by atoms with Gasteiger partial charge in [-0.05, 0) is 109 Å². The normalized spacial score (nSPS) is 12.5. The van der Waals surface area contributed by atoms with Crippen LogP contribution in [0.3, 0.4) is 0 Å². The van der Waals surface area contributed by atoms with Gasteiger partial charge in [-0.1, -0.05) is 325 Å². The summed E-state index contributed by atoms with van der Waals surface area (Å²) in [5.41, 5.74) is 0. The van der Waals surface area contributed by atoms with Crippen LogP contribution in [-0.4, -0.2) is 37.2 Å². The van der Waals surface area contributed by atoms with Crippen molar-refractivity contribution in [2.24, 2.45) is 0 Å². The Bertz CT molecular complexity index is 1520. The molecule has 0 aliphatic carbocycles. The van der Waals surface area contributed by atoms with Gasteiger partial charge >= 0.3 is 17.9 Å². The first kappa shape index (κ1) is 79.8. The van der Waals surface area contributed by atoms with Crippen molar-refractivity contribution in [3.63, 3.8) is 0 Å². The number of rotatable bonds is 67. The van der Waals surface area contributed by atoms with Crippen LogP contribution in [0.2, 0.25) is 0 Å². The lowest BCUT2D eigenvalue weighted by atomic mass is 10.0. The van der Waals surface area contributed by atoms with Crippen molar-refractivity contribution in [1.29, 1.82) is 0 Å². The van der Waals surface area contributed by atoms with E-state index >= 15 is 0 Å². The average Bonchev–Trinajstić information content (AvgIpc) is 3.50. The van der Waals surface area contributed by atoms with E-state index in [1.54, 1.807) is 0 Å². The zero-order valence-corrected chi connectivity index (χ0v) is 55.5. The minimum atomic E-state index is -0.788. The zero-order chi connectivity index (χ0) is 59.9. The molecule has 0 fully saturated rings. The molecule has 0 aliphatic heterocycles. The van der Waals surface area contributed by atoms with E-state index in [9.17, 15) is 14.4 Å². The number of ether oxygens (including phenoxy) is 3. The van der Waals surface area contributed by atoms with Gasteiger partial charge in [0.1, 0.15) is 13.2 Å². The van der Waals surface area contributed by atoms with E-state index in [0.29, 0.717) is 19.3 Å². The minimum Gasteiger partial charge on any atom is -0.462 e. The zero-order valence-electron chi connectivity index (χ0n) is 55.5. The van der Waals surface area contributed by atoms with Crippen LogP contribution in [0.4, 0.5) is 0 Å². The summed E-state index contributed by atoms with van der Waals surface area (Å²) < 4.78 is 17.0. The van der Waals surface area contributed by atoms with E-state index in [1.807, 2.05) is 0 Å². The Hall–Kier alpha value is -3.15. The van der Waals surface area contributed by atoms with E-state index in [4.69, 9.17) is 14.2 Å². The first-order chi connectivity index (χ1) is 41.0. The van der Waals surface area contributed by atoms with Crippen molar-refractivity contribution >= 4 is 17.9 Å². The Balaban J connectivity index is 4.28. The second-order valence-corrected chi connectivity index (χ2v) is 24.5. The van der Waals surface area contributed by atoms with E-state index in [-0.39, 0.29) is 31.1 Å². The molecule has 0 aromatic rings. The van der Waals surface area contributed by atoms with Crippen LogP contribution < -0.4 is 0 Å². The van der Waals surface area contributed by atoms with Crippen LogP contribution in [0.1, 0.15) is 380 Å². The molecule has 83 heavy (non-hydrogen) atoms. The maximum absolute atomic E-state index is 13.0. The molecule has 6 nitrogen and oxygen atoms in total. The smallest absolute Gasteiger partial charge is 0.306 e. The Morgan fingerprint density at radius 2 is 0.470 bits per heavy atom. The topological polar surface area (TPSA) is 78.9 Å². The van der Waals surface area contributed by atoms with Crippen LogP contribution in [0.15, 0.2) is 72.9 Å². The third kappa shape index (κ3) is 69.5.